The van der Waals surface area contributed by atoms with Gasteiger partial charge in [0, 0.05) is 17.0 Å². The minimum atomic E-state index is -0.466. The second-order valence-electron chi connectivity index (χ2n) is 7.07. The summed E-state index contributed by atoms with van der Waals surface area (Å²) in [4.78, 5) is 14.7. The van der Waals surface area contributed by atoms with Crippen molar-refractivity contribution in [2.45, 2.75) is 36.8 Å². The molecule has 24 heavy (non-hydrogen) atoms. The average Bonchev–Trinajstić information content (AvgIpc) is 2.93. The van der Waals surface area contributed by atoms with Crippen molar-refractivity contribution in [3.8, 4) is 11.5 Å². The monoisotopic (exact) mass is 329 g/mol. The molecule has 4 rings (SSSR count). The zero-order chi connectivity index (χ0) is 16.9. The molecule has 2 aliphatic heterocycles. The highest BCUT2D eigenvalue weighted by Crippen LogP contribution is 2.55. The molecule has 2 heterocycles. The van der Waals surface area contributed by atoms with E-state index in [9.17, 15) is 9.90 Å². The fourth-order valence-corrected chi connectivity index (χ4v) is 4.50. The van der Waals surface area contributed by atoms with Crippen LogP contribution in [0.2, 0.25) is 0 Å². The summed E-state index contributed by atoms with van der Waals surface area (Å²) in [6.07, 6.45) is 5.53. The number of hydrogen-bond acceptors (Lipinski definition) is 5. The Hall–Kier alpha value is -1.85. The highest BCUT2D eigenvalue weighted by Gasteiger charge is 2.55. The van der Waals surface area contributed by atoms with Crippen LogP contribution in [-0.4, -0.2) is 55.2 Å². The van der Waals surface area contributed by atoms with Crippen LogP contribution in [0.5, 0.6) is 11.5 Å². The zero-order valence-electron chi connectivity index (χ0n) is 14.1. The molecule has 0 aromatic heterocycles. The van der Waals surface area contributed by atoms with Gasteiger partial charge in [-0.1, -0.05) is 12.1 Å². The molecule has 2 unspecified atom stereocenters. The van der Waals surface area contributed by atoms with E-state index in [4.69, 9.17) is 9.47 Å². The number of carbonyl (C=O) groups excluding carboxylic acids is 1. The van der Waals surface area contributed by atoms with Crippen molar-refractivity contribution in [1.82, 2.24) is 4.90 Å². The second kappa shape index (κ2) is 5.60. The van der Waals surface area contributed by atoms with Crippen molar-refractivity contribution in [3.05, 3.63) is 35.4 Å². The smallest absolute Gasteiger partial charge is 0.196 e. The van der Waals surface area contributed by atoms with Gasteiger partial charge in [-0.15, -0.1) is 0 Å². The fourth-order valence-electron chi connectivity index (χ4n) is 4.50. The number of hydrogen-bond donors (Lipinski definition) is 1. The number of aliphatic hydroxyl groups is 1. The van der Waals surface area contributed by atoms with E-state index in [1.54, 1.807) is 13.2 Å². The molecule has 1 N–H and O–H groups in total. The maximum atomic E-state index is 12.5. The molecular formula is C19H23NO4. The van der Waals surface area contributed by atoms with Crippen LogP contribution in [0.4, 0.5) is 0 Å². The first kappa shape index (κ1) is 15.7. The standard InChI is InChI=1S/C19H23NO4/c1-20-9-8-19-7-3-4-14(22)18(19)24-17-15(23-2)6-5-12(16(17)19)10-13(20)11-21/h3-6,13,18,21H,7-11H2,1-2H3/t13-,18?,19?/m1/s1. The van der Waals surface area contributed by atoms with Crippen molar-refractivity contribution in [3.63, 3.8) is 0 Å². The van der Waals surface area contributed by atoms with Gasteiger partial charge in [0.25, 0.3) is 0 Å². The summed E-state index contributed by atoms with van der Waals surface area (Å²) < 4.78 is 11.7. The van der Waals surface area contributed by atoms with Crippen LogP contribution in [-0.2, 0) is 16.6 Å². The molecule has 3 aliphatic rings. The first-order chi connectivity index (χ1) is 11.6. The molecule has 5 heteroatoms. The third-order valence-corrected chi connectivity index (χ3v) is 5.89. The topological polar surface area (TPSA) is 59.0 Å². The van der Waals surface area contributed by atoms with Crippen molar-refractivity contribution in [2.75, 3.05) is 27.3 Å². The van der Waals surface area contributed by atoms with E-state index in [2.05, 4.69) is 11.0 Å². The zero-order valence-corrected chi connectivity index (χ0v) is 14.1. The van der Waals surface area contributed by atoms with Gasteiger partial charge in [-0.2, -0.15) is 0 Å². The lowest BCUT2D eigenvalue weighted by molar-refractivity contribution is -0.123. The maximum absolute atomic E-state index is 12.5. The van der Waals surface area contributed by atoms with E-state index in [0.717, 1.165) is 42.7 Å². The minimum Gasteiger partial charge on any atom is -0.493 e. The molecule has 0 fully saturated rings. The number of ketones is 1. The van der Waals surface area contributed by atoms with Crippen LogP contribution in [0.1, 0.15) is 24.0 Å². The van der Waals surface area contributed by atoms with Crippen LogP contribution in [0, 0.1) is 0 Å². The molecule has 0 radical (unpaired) electrons. The molecular weight excluding hydrogens is 306 g/mol. The Kier molecular flexibility index (Phi) is 3.66. The number of allylic oxidation sites excluding steroid dienone is 1. The van der Waals surface area contributed by atoms with Crippen molar-refractivity contribution in [1.29, 1.82) is 0 Å². The van der Waals surface area contributed by atoms with E-state index in [1.165, 1.54) is 0 Å². The highest BCUT2D eigenvalue weighted by molar-refractivity contribution is 5.97. The summed E-state index contributed by atoms with van der Waals surface area (Å²) in [7, 11) is 3.67. The first-order valence-electron chi connectivity index (χ1n) is 8.49. The lowest BCUT2D eigenvalue weighted by atomic mass is 9.66. The van der Waals surface area contributed by atoms with E-state index in [-0.39, 0.29) is 23.8 Å². The van der Waals surface area contributed by atoms with Crippen molar-refractivity contribution < 1.29 is 19.4 Å². The molecule has 3 atom stereocenters. The number of rotatable bonds is 2. The predicted molar refractivity (Wildman–Crippen MR) is 89.7 cm³/mol. The number of likely N-dealkylation sites (N-methyl/N-ethyl adjacent to an activating group) is 1. The summed E-state index contributed by atoms with van der Waals surface area (Å²) in [6.45, 7) is 0.940. The number of benzene rings is 1. The molecule has 1 spiro atoms. The van der Waals surface area contributed by atoms with E-state index < -0.39 is 6.10 Å². The predicted octanol–water partition coefficient (Wildman–Crippen LogP) is 1.46. The Bertz CT molecular complexity index is 714. The van der Waals surface area contributed by atoms with Gasteiger partial charge in [-0.25, -0.2) is 0 Å². The fraction of sp³-hybridized carbons (Fsp3) is 0.526. The molecule has 1 aliphatic carbocycles. The summed E-state index contributed by atoms with van der Waals surface area (Å²) in [6, 6.07) is 4.05. The summed E-state index contributed by atoms with van der Waals surface area (Å²) in [5, 5.41) is 9.77. The third kappa shape index (κ3) is 2.04. The van der Waals surface area contributed by atoms with Gasteiger partial charge in [0.05, 0.1) is 13.7 Å². The number of aliphatic hydroxyl groups excluding tert-OH is 1. The molecule has 0 bridgehead atoms. The van der Waals surface area contributed by atoms with Gasteiger partial charge in [-0.05, 0) is 50.6 Å². The minimum absolute atomic E-state index is 0.0346. The van der Waals surface area contributed by atoms with Crippen LogP contribution in [0.25, 0.3) is 0 Å². The highest BCUT2D eigenvalue weighted by atomic mass is 16.5. The third-order valence-electron chi connectivity index (χ3n) is 5.89. The molecule has 128 valence electrons. The van der Waals surface area contributed by atoms with Gasteiger partial charge in [0.15, 0.2) is 23.4 Å². The Morgan fingerprint density at radius 3 is 3.04 bits per heavy atom. The van der Waals surface area contributed by atoms with Gasteiger partial charge < -0.3 is 19.5 Å². The quantitative estimate of drug-likeness (QED) is 0.890. The molecule has 0 amide bonds. The van der Waals surface area contributed by atoms with Crippen molar-refractivity contribution in [2.24, 2.45) is 0 Å². The molecule has 5 nitrogen and oxygen atoms in total. The van der Waals surface area contributed by atoms with E-state index in [1.807, 2.05) is 19.2 Å². The van der Waals surface area contributed by atoms with Gasteiger partial charge in [0.2, 0.25) is 0 Å². The van der Waals surface area contributed by atoms with Crippen LogP contribution in [0.15, 0.2) is 24.3 Å². The Labute approximate surface area is 141 Å². The Balaban J connectivity index is 1.93. The first-order valence-corrected chi connectivity index (χ1v) is 8.49. The van der Waals surface area contributed by atoms with Gasteiger partial charge >= 0.3 is 0 Å². The Morgan fingerprint density at radius 1 is 1.46 bits per heavy atom. The largest absolute Gasteiger partial charge is 0.493 e. The molecule has 1 aromatic rings. The second-order valence-corrected chi connectivity index (χ2v) is 7.07. The number of nitrogens with zero attached hydrogens (tertiary/aromatic N) is 1. The lowest BCUT2D eigenvalue weighted by Crippen LogP contribution is -2.50. The summed E-state index contributed by atoms with van der Waals surface area (Å²) in [5.74, 6) is 1.44. The Morgan fingerprint density at radius 2 is 2.29 bits per heavy atom. The maximum Gasteiger partial charge on any atom is 0.196 e. The molecule has 1 aromatic carbocycles. The average molecular weight is 329 g/mol. The van der Waals surface area contributed by atoms with E-state index >= 15 is 0 Å². The number of ether oxygens (including phenoxy) is 2. The molecule has 0 saturated heterocycles. The van der Waals surface area contributed by atoms with Gasteiger partial charge in [-0.3, -0.25) is 4.79 Å². The van der Waals surface area contributed by atoms with E-state index in [0.29, 0.717) is 5.75 Å². The van der Waals surface area contributed by atoms with Crippen molar-refractivity contribution >= 4 is 5.78 Å². The van der Waals surface area contributed by atoms with Gasteiger partial charge in [0.1, 0.15) is 0 Å². The number of carbonyl (C=O) groups is 1. The van der Waals surface area contributed by atoms with Crippen LogP contribution in [0.3, 0.4) is 0 Å². The number of methoxy groups -OCH3 is 1. The summed E-state index contributed by atoms with van der Waals surface area (Å²) >= 11 is 0. The summed E-state index contributed by atoms with van der Waals surface area (Å²) in [5.41, 5.74) is 1.96. The SMILES string of the molecule is COc1ccc2c3c1OC1C(=O)C=CCC31CCN(C)[C@@H](CO)C2. The normalized spacial score (nSPS) is 31.7. The van der Waals surface area contributed by atoms with Crippen LogP contribution < -0.4 is 9.47 Å². The molecule has 0 saturated carbocycles. The lowest BCUT2D eigenvalue weighted by Gasteiger charge is -2.40. The van der Waals surface area contributed by atoms with Crippen LogP contribution >= 0.6 is 0 Å².